The molecule has 1 fully saturated rings. The van der Waals surface area contributed by atoms with Crippen molar-refractivity contribution in [2.45, 2.75) is 26.3 Å². The second-order valence-corrected chi connectivity index (χ2v) is 3.99. The Morgan fingerprint density at radius 1 is 1.53 bits per heavy atom. The summed E-state index contributed by atoms with van der Waals surface area (Å²) >= 11 is 0. The molecule has 0 aromatic heterocycles. The van der Waals surface area contributed by atoms with Gasteiger partial charge >= 0.3 is 0 Å². The molecule has 0 radical (unpaired) electrons. The highest BCUT2D eigenvalue weighted by molar-refractivity contribution is 6.04. The van der Waals surface area contributed by atoms with Crippen LogP contribution >= 0.6 is 0 Å². The third kappa shape index (κ3) is 1.53. The molecule has 3 nitrogen and oxygen atoms in total. The van der Waals surface area contributed by atoms with Crippen LogP contribution in [-0.4, -0.2) is 18.5 Å². The molecule has 1 aromatic carbocycles. The molecule has 0 aliphatic carbocycles. The van der Waals surface area contributed by atoms with Gasteiger partial charge in [-0.2, -0.15) is 0 Å². The van der Waals surface area contributed by atoms with Gasteiger partial charge in [0, 0.05) is 5.69 Å². The molecular formula is C12H16N2O. The van der Waals surface area contributed by atoms with E-state index in [0.717, 1.165) is 17.7 Å². The Morgan fingerprint density at radius 3 is 2.80 bits per heavy atom. The summed E-state index contributed by atoms with van der Waals surface area (Å²) in [4.78, 5) is 13.4. The van der Waals surface area contributed by atoms with E-state index in [0.29, 0.717) is 6.54 Å². The largest absolute Gasteiger partial charge is 0.318 e. The first-order chi connectivity index (χ1) is 7.15. The summed E-state index contributed by atoms with van der Waals surface area (Å²) in [6, 6.07) is 5.83. The van der Waals surface area contributed by atoms with Crippen LogP contribution in [0, 0.1) is 6.92 Å². The molecule has 80 valence electrons. The second-order valence-electron chi connectivity index (χ2n) is 3.99. The van der Waals surface area contributed by atoms with E-state index in [1.54, 1.807) is 4.90 Å². The van der Waals surface area contributed by atoms with E-state index in [1.165, 1.54) is 5.56 Å². The van der Waals surface area contributed by atoms with Gasteiger partial charge in [0.2, 0.25) is 5.91 Å². The van der Waals surface area contributed by atoms with Crippen molar-refractivity contribution in [3.05, 3.63) is 29.3 Å². The van der Waals surface area contributed by atoms with Gasteiger partial charge in [0.25, 0.3) is 0 Å². The number of carbonyl (C=O) groups excluding carboxylic acids is 1. The van der Waals surface area contributed by atoms with Crippen molar-refractivity contribution in [1.29, 1.82) is 0 Å². The summed E-state index contributed by atoms with van der Waals surface area (Å²) in [6.45, 7) is 4.78. The van der Waals surface area contributed by atoms with Crippen LogP contribution in [0.15, 0.2) is 18.2 Å². The third-order valence-corrected chi connectivity index (χ3v) is 2.93. The normalized spacial score (nSPS) is 20.3. The van der Waals surface area contributed by atoms with Crippen molar-refractivity contribution in [1.82, 2.24) is 0 Å². The number of rotatable bonds is 2. The molecule has 1 aliphatic heterocycles. The minimum absolute atomic E-state index is 0.0407. The van der Waals surface area contributed by atoms with Gasteiger partial charge in [-0.25, -0.2) is 0 Å². The first-order valence-corrected chi connectivity index (χ1v) is 5.30. The number of aryl methyl sites for hydroxylation is 2. The van der Waals surface area contributed by atoms with Crippen LogP contribution in [0.3, 0.4) is 0 Å². The van der Waals surface area contributed by atoms with Crippen LogP contribution < -0.4 is 10.6 Å². The Kier molecular flexibility index (Phi) is 2.49. The average Bonchev–Trinajstić information content (AvgIpc) is 2.25. The molecule has 0 spiro atoms. The summed E-state index contributed by atoms with van der Waals surface area (Å²) in [5.41, 5.74) is 9.03. The topological polar surface area (TPSA) is 46.3 Å². The summed E-state index contributed by atoms with van der Waals surface area (Å²) in [5.74, 6) is 0.0407. The number of hydrogen-bond donors (Lipinski definition) is 1. The molecule has 1 amide bonds. The van der Waals surface area contributed by atoms with E-state index < -0.39 is 0 Å². The van der Waals surface area contributed by atoms with Gasteiger partial charge in [-0.3, -0.25) is 4.79 Å². The molecule has 2 N–H and O–H groups in total. The lowest BCUT2D eigenvalue weighted by molar-refractivity contribution is -0.123. The highest BCUT2D eigenvalue weighted by Gasteiger charge is 2.36. The number of β-lactam (4-membered cyclic amide) rings is 1. The van der Waals surface area contributed by atoms with Crippen LogP contribution in [0.25, 0.3) is 0 Å². The van der Waals surface area contributed by atoms with Crippen molar-refractivity contribution in [2.75, 3.05) is 11.4 Å². The third-order valence-electron chi connectivity index (χ3n) is 2.93. The molecule has 1 aromatic rings. The average molecular weight is 204 g/mol. The van der Waals surface area contributed by atoms with E-state index in [2.05, 4.69) is 13.0 Å². The van der Waals surface area contributed by atoms with Crippen LogP contribution in [0.4, 0.5) is 5.69 Å². The zero-order valence-corrected chi connectivity index (χ0v) is 9.16. The first kappa shape index (κ1) is 10.2. The minimum atomic E-state index is -0.297. The number of anilines is 1. The molecule has 0 saturated carbocycles. The fraction of sp³-hybridized carbons (Fsp3) is 0.417. The molecule has 0 bridgehead atoms. The molecule has 1 aliphatic rings. The first-order valence-electron chi connectivity index (χ1n) is 5.30. The maximum absolute atomic E-state index is 11.6. The second kappa shape index (κ2) is 3.66. The Balaban J connectivity index is 2.39. The van der Waals surface area contributed by atoms with Gasteiger partial charge in [-0.05, 0) is 24.5 Å². The van der Waals surface area contributed by atoms with Gasteiger partial charge in [0.1, 0.15) is 6.04 Å². The highest BCUT2D eigenvalue weighted by atomic mass is 16.2. The number of hydrogen-bond acceptors (Lipinski definition) is 2. The zero-order chi connectivity index (χ0) is 11.0. The van der Waals surface area contributed by atoms with E-state index in [1.807, 2.05) is 19.1 Å². The van der Waals surface area contributed by atoms with Crippen molar-refractivity contribution in [3.63, 3.8) is 0 Å². The number of amides is 1. The van der Waals surface area contributed by atoms with E-state index in [4.69, 9.17) is 5.73 Å². The fourth-order valence-electron chi connectivity index (χ4n) is 2.05. The maximum atomic E-state index is 11.6. The van der Waals surface area contributed by atoms with Crippen molar-refractivity contribution >= 4 is 11.6 Å². The SMILES string of the molecule is CCc1cccc(C)c1N1CC(N)C1=O. The number of carbonyl (C=O) groups is 1. The van der Waals surface area contributed by atoms with Gasteiger partial charge in [0.05, 0.1) is 6.54 Å². The predicted octanol–water partition coefficient (Wildman–Crippen LogP) is 1.23. The van der Waals surface area contributed by atoms with E-state index in [-0.39, 0.29) is 11.9 Å². The Hall–Kier alpha value is -1.35. The Bertz CT molecular complexity index is 401. The number of nitrogens with two attached hydrogens (primary N) is 1. The van der Waals surface area contributed by atoms with Crippen LogP contribution in [0.5, 0.6) is 0 Å². The van der Waals surface area contributed by atoms with Gasteiger partial charge in [0.15, 0.2) is 0 Å². The molecule has 1 saturated heterocycles. The highest BCUT2D eigenvalue weighted by Crippen LogP contribution is 2.29. The Labute approximate surface area is 89.9 Å². The Morgan fingerprint density at radius 2 is 2.27 bits per heavy atom. The van der Waals surface area contributed by atoms with Crippen LogP contribution in [-0.2, 0) is 11.2 Å². The molecule has 3 heteroatoms. The lowest BCUT2D eigenvalue weighted by Gasteiger charge is -2.38. The molecule has 1 unspecified atom stereocenters. The quantitative estimate of drug-likeness (QED) is 0.736. The number of para-hydroxylation sites is 1. The minimum Gasteiger partial charge on any atom is -0.318 e. The lowest BCUT2D eigenvalue weighted by Crippen LogP contribution is -2.61. The number of nitrogens with zero attached hydrogens (tertiary/aromatic N) is 1. The van der Waals surface area contributed by atoms with Gasteiger partial charge < -0.3 is 10.6 Å². The summed E-state index contributed by atoms with van der Waals surface area (Å²) < 4.78 is 0. The van der Waals surface area contributed by atoms with E-state index in [9.17, 15) is 4.79 Å². The monoisotopic (exact) mass is 204 g/mol. The summed E-state index contributed by atoms with van der Waals surface area (Å²) in [6.07, 6.45) is 0.941. The molecule has 1 heterocycles. The van der Waals surface area contributed by atoms with Crippen molar-refractivity contribution in [2.24, 2.45) is 5.73 Å². The predicted molar refractivity (Wildman–Crippen MR) is 60.9 cm³/mol. The molecular weight excluding hydrogens is 188 g/mol. The zero-order valence-electron chi connectivity index (χ0n) is 9.16. The van der Waals surface area contributed by atoms with Crippen LogP contribution in [0.2, 0.25) is 0 Å². The fourth-order valence-corrected chi connectivity index (χ4v) is 2.05. The molecule has 15 heavy (non-hydrogen) atoms. The number of benzene rings is 1. The van der Waals surface area contributed by atoms with E-state index >= 15 is 0 Å². The summed E-state index contributed by atoms with van der Waals surface area (Å²) in [5, 5.41) is 0. The smallest absolute Gasteiger partial charge is 0.245 e. The lowest BCUT2D eigenvalue weighted by atomic mass is 9.99. The molecule has 2 rings (SSSR count). The maximum Gasteiger partial charge on any atom is 0.245 e. The summed E-state index contributed by atoms with van der Waals surface area (Å²) in [7, 11) is 0. The van der Waals surface area contributed by atoms with Crippen molar-refractivity contribution in [3.8, 4) is 0 Å². The standard InChI is InChI=1S/C12H16N2O/c1-3-9-6-4-5-8(2)11(9)14-7-10(13)12(14)15/h4-6,10H,3,7,13H2,1-2H3. The molecule has 1 atom stereocenters. The van der Waals surface area contributed by atoms with Crippen LogP contribution in [0.1, 0.15) is 18.1 Å². The van der Waals surface area contributed by atoms with Gasteiger partial charge in [-0.15, -0.1) is 0 Å². The van der Waals surface area contributed by atoms with Gasteiger partial charge in [-0.1, -0.05) is 25.1 Å². The van der Waals surface area contributed by atoms with Crippen molar-refractivity contribution < 1.29 is 4.79 Å².